The third kappa shape index (κ3) is 2.85. The van der Waals surface area contributed by atoms with Crippen molar-refractivity contribution in [2.75, 3.05) is 25.0 Å². The number of hydrogen-bond donors (Lipinski definition) is 1. The maximum atomic E-state index is 4.42. The summed E-state index contributed by atoms with van der Waals surface area (Å²) in [6, 6.07) is 10.9. The third-order valence-electron chi connectivity index (χ3n) is 3.99. The summed E-state index contributed by atoms with van der Waals surface area (Å²) in [5.41, 5.74) is 1.14. The molecule has 1 unspecified atom stereocenters. The molecule has 0 amide bonds. The van der Waals surface area contributed by atoms with E-state index in [9.17, 15) is 0 Å². The van der Waals surface area contributed by atoms with Crippen molar-refractivity contribution < 1.29 is 0 Å². The number of rotatable bonds is 5. The number of anilines is 1. The van der Waals surface area contributed by atoms with Crippen LogP contribution in [0.5, 0.6) is 0 Å². The highest BCUT2D eigenvalue weighted by Crippen LogP contribution is 2.15. The predicted molar refractivity (Wildman–Crippen MR) is 82.3 cm³/mol. The van der Waals surface area contributed by atoms with Gasteiger partial charge in [-0.1, -0.05) is 18.2 Å². The zero-order chi connectivity index (χ0) is 13.8. The van der Waals surface area contributed by atoms with Crippen LogP contribution >= 0.6 is 0 Å². The fourth-order valence-electron chi connectivity index (χ4n) is 2.78. The van der Waals surface area contributed by atoms with Crippen LogP contribution in [-0.4, -0.2) is 40.1 Å². The molecule has 0 spiro atoms. The smallest absolute Gasteiger partial charge is 0.207 e. The van der Waals surface area contributed by atoms with Crippen molar-refractivity contribution in [3.8, 4) is 5.69 Å². The third-order valence-corrected chi connectivity index (χ3v) is 3.99. The molecule has 1 atom stereocenters. The van der Waals surface area contributed by atoms with Gasteiger partial charge in [-0.15, -0.1) is 0 Å². The Morgan fingerprint density at radius 1 is 1.20 bits per heavy atom. The first-order valence-corrected chi connectivity index (χ1v) is 7.41. The molecule has 4 nitrogen and oxygen atoms in total. The molecule has 0 aliphatic carbocycles. The summed E-state index contributed by atoms with van der Waals surface area (Å²) in [7, 11) is 0. The number of likely N-dealkylation sites (tertiary alicyclic amines) is 1. The van der Waals surface area contributed by atoms with E-state index < -0.39 is 0 Å². The molecule has 1 aromatic heterocycles. The van der Waals surface area contributed by atoms with Crippen molar-refractivity contribution in [3.05, 3.63) is 42.7 Å². The van der Waals surface area contributed by atoms with E-state index in [2.05, 4.69) is 38.8 Å². The highest BCUT2D eigenvalue weighted by molar-refractivity contribution is 5.41. The lowest BCUT2D eigenvalue weighted by atomic mass is 10.3. The quantitative estimate of drug-likeness (QED) is 0.907. The minimum absolute atomic E-state index is 0.554. The van der Waals surface area contributed by atoms with Crippen LogP contribution in [0.15, 0.2) is 42.7 Å². The van der Waals surface area contributed by atoms with Crippen LogP contribution in [-0.2, 0) is 0 Å². The minimum Gasteiger partial charge on any atom is -0.354 e. The van der Waals surface area contributed by atoms with Crippen LogP contribution in [0.1, 0.15) is 19.8 Å². The first-order valence-electron chi connectivity index (χ1n) is 7.41. The van der Waals surface area contributed by atoms with Gasteiger partial charge in [-0.2, -0.15) is 0 Å². The van der Waals surface area contributed by atoms with Crippen molar-refractivity contribution in [1.82, 2.24) is 14.5 Å². The number of imidazole rings is 1. The molecule has 4 heteroatoms. The zero-order valence-corrected chi connectivity index (χ0v) is 12.0. The Balaban J connectivity index is 1.65. The zero-order valence-electron chi connectivity index (χ0n) is 12.0. The topological polar surface area (TPSA) is 33.1 Å². The summed E-state index contributed by atoms with van der Waals surface area (Å²) in [5.74, 6) is 0.919. The maximum absolute atomic E-state index is 4.42. The number of para-hydroxylation sites is 1. The number of benzene rings is 1. The van der Waals surface area contributed by atoms with Crippen LogP contribution < -0.4 is 5.32 Å². The number of nitrogens with zero attached hydrogens (tertiary/aromatic N) is 3. The number of nitrogens with one attached hydrogen (secondary N) is 1. The van der Waals surface area contributed by atoms with E-state index in [1.165, 1.54) is 25.9 Å². The molecule has 1 aromatic carbocycles. The summed E-state index contributed by atoms with van der Waals surface area (Å²) in [6.07, 6.45) is 6.51. The van der Waals surface area contributed by atoms with Gasteiger partial charge < -0.3 is 5.32 Å². The molecule has 1 fully saturated rings. The summed E-state index contributed by atoms with van der Waals surface area (Å²) >= 11 is 0. The average Bonchev–Trinajstić information content (AvgIpc) is 3.17. The lowest BCUT2D eigenvalue weighted by Crippen LogP contribution is -2.35. The van der Waals surface area contributed by atoms with E-state index in [0.717, 1.165) is 18.2 Å². The molecule has 1 aliphatic heterocycles. The predicted octanol–water partition coefficient (Wildman–Crippen LogP) is 2.77. The second kappa shape index (κ2) is 6.09. The van der Waals surface area contributed by atoms with Gasteiger partial charge in [0, 0.05) is 30.7 Å². The number of hydrogen-bond acceptors (Lipinski definition) is 3. The molecule has 106 valence electrons. The molecule has 2 aromatic rings. The summed E-state index contributed by atoms with van der Waals surface area (Å²) in [4.78, 5) is 6.97. The highest BCUT2D eigenvalue weighted by atomic mass is 15.2. The lowest BCUT2D eigenvalue weighted by molar-refractivity contribution is 0.269. The molecule has 0 bridgehead atoms. The molecule has 2 heterocycles. The van der Waals surface area contributed by atoms with E-state index in [-0.39, 0.29) is 0 Å². The molecular weight excluding hydrogens is 248 g/mol. The lowest BCUT2D eigenvalue weighted by Gasteiger charge is -2.24. The monoisotopic (exact) mass is 270 g/mol. The SMILES string of the molecule is CC(CNc1nccn1-c1ccccc1)N1CCCC1. The van der Waals surface area contributed by atoms with Crippen LogP contribution in [0.4, 0.5) is 5.95 Å². The van der Waals surface area contributed by atoms with E-state index >= 15 is 0 Å². The van der Waals surface area contributed by atoms with Crippen molar-refractivity contribution in [1.29, 1.82) is 0 Å². The van der Waals surface area contributed by atoms with Gasteiger partial charge in [0.25, 0.3) is 0 Å². The van der Waals surface area contributed by atoms with Crippen molar-refractivity contribution in [3.63, 3.8) is 0 Å². The Morgan fingerprint density at radius 2 is 1.95 bits per heavy atom. The molecular formula is C16H22N4. The average molecular weight is 270 g/mol. The van der Waals surface area contributed by atoms with Crippen molar-refractivity contribution in [2.24, 2.45) is 0 Å². The summed E-state index contributed by atoms with van der Waals surface area (Å²) < 4.78 is 2.09. The summed E-state index contributed by atoms with van der Waals surface area (Å²) in [5, 5.41) is 3.48. The molecule has 0 saturated carbocycles. The molecule has 1 aliphatic rings. The highest BCUT2D eigenvalue weighted by Gasteiger charge is 2.18. The molecule has 1 saturated heterocycles. The van der Waals surface area contributed by atoms with Gasteiger partial charge in [0.15, 0.2) is 0 Å². The first kappa shape index (κ1) is 13.2. The van der Waals surface area contributed by atoms with Crippen molar-refractivity contribution >= 4 is 5.95 Å². The Hall–Kier alpha value is -1.81. The fraction of sp³-hybridized carbons (Fsp3) is 0.438. The van der Waals surface area contributed by atoms with E-state index in [4.69, 9.17) is 0 Å². The van der Waals surface area contributed by atoms with Crippen molar-refractivity contribution in [2.45, 2.75) is 25.8 Å². The summed E-state index contributed by atoms with van der Waals surface area (Å²) in [6.45, 7) is 5.68. The van der Waals surface area contributed by atoms with Gasteiger partial charge in [0.1, 0.15) is 0 Å². The van der Waals surface area contributed by atoms with Gasteiger partial charge in [0.2, 0.25) is 5.95 Å². The van der Waals surface area contributed by atoms with Crippen LogP contribution in [0.25, 0.3) is 5.69 Å². The Morgan fingerprint density at radius 3 is 2.70 bits per heavy atom. The van der Waals surface area contributed by atoms with E-state index in [1.54, 1.807) is 0 Å². The van der Waals surface area contributed by atoms with Gasteiger partial charge >= 0.3 is 0 Å². The number of aromatic nitrogens is 2. The van der Waals surface area contributed by atoms with Gasteiger partial charge in [-0.3, -0.25) is 9.47 Å². The van der Waals surface area contributed by atoms with Crippen LogP contribution in [0.2, 0.25) is 0 Å². The standard InChI is InChI=1S/C16H22N4/c1-14(19-10-5-6-11-19)13-18-16-17-9-12-20(16)15-7-3-2-4-8-15/h2-4,7-9,12,14H,5-6,10-11,13H2,1H3,(H,17,18). The van der Waals surface area contributed by atoms with E-state index in [0.29, 0.717) is 6.04 Å². The van der Waals surface area contributed by atoms with Crippen LogP contribution in [0.3, 0.4) is 0 Å². The first-order chi connectivity index (χ1) is 9.84. The van der Waals surface area contributed by atoms with Gasteiger partial charge in [-0.25, -0.2) is 4.98 Å². The second-order valence-electron chi connectivity index (χ2n) is 5.43. The second-order valence-corrected chi connectivity index (χ2v) is 5.43. The van der Waals surface area contributed by atoms with Gasteiger partial charge in [0.05, 0.1) is 0 Å². The Bertz CT molecular complexity index is 528. The van der Waals surface area contributed by atoms with Crippen LogP contribution in [0, 0.1) is 0 Å². The maximum Gasteiger partial charge on any atom is 0.207 e. The minimum atomic E-state index is 0.554. The molecule has 20 heavy (non-hydrogen) atoms. The molecule has 1 N–H and O–H groups in total. The molecule has 3 rings (SSSR count). The largest absolute Gasteiger partial charge is 0.354 e. The normalized spacial score (nSPS) is 17.2. The Kier molecular flexibility index (Phi) is 4.02. The fourth-order valence-corrected chi connectivity index (χ4v) is 2.78. The molecule has 0 radical (unpaired) electrons. The van der Waals surface area contributed by atoms with Gasteiger partial charge in [-0.05, 0) is 45.0 Å². The Labute approximate surface area is 120 Å². The van der Waals surface area contributed by atoms with E-state index in [1.807, 2.05) is 30.6 Å².